The van der Waals surface area contributed by atoms with Crippen molar-refractivity contribution < 1.29 is 19.0 Å². The summed E-state index contributed by atoms with van der Waals surface area (Å²) in [7, 11) is 1.60. The Kier molecular flexibility index (Phi) is 9.25. The number of benzene rings is 3. The quantitative estimate of drug-likeness (QED) is 0.0836. The van der Waals surface area contributed by atoms with Gasteiger partial charge in [-0.15, -0.1) is 11.3 Å². The van der Waals surface area contributed by atoms with Crippen LogP contribution in [0.3, 0.4) is 0 Å². The van der Waals surface area contributed by atoms with E-state index in [0.717, 1.165) is 11.3 Å². The molecule has 3 aromatic carbocycles. The van der Waals surface area contributed by atoms with Crippen LogP contribution in [0.25, 0.3) is 21.7 Å². The van der Waals surface area contributed by atoms with Gasteiger partial charge in [-0.2, -0.15) is 0 Å². The van der Waals surface area contributed by atoms with Crippen LogP contribution in [0.4, 0.5) is 17.2 Å². The summed E-state index contributed by atoms with van der Waals surface area (Å²) in [6.45, 7) is 4.26. The third-order valence-electron chi connectivity index (χ3n) is 6.35. The lowest BCUT2D eigenvalue weighted by molar-refractivity contribution is 0.102. The van der Waals surface area contributed by atoms with Gasteiger partial charge in [0.1, 0.15) is 16.5 Å². The molecule has 0 saturated heterocycles. The van der Waals surface area contributed by atoms with E-state index in [1.807, 2.05) is 50.2 Å². The number of nitrogens with two attached hydrogens (primary N) is 1. The number of hydrogen-bond acceptors (Lipinski definition) is 11. The molecule has 5 N–H and O–H groups in total. The Bertz CT molecular complexity index is 1760. The number of rotatable bonds is 10. The predicted octanol–water partition coefficient (Wildman–Crippen LogP) is 5.98. The molecule has 1 unspecified atom stereocenters. The number of hydrazine groups is 1. The van der Waals surface area contributed by atoms with E-state index in [2.05, 4.69) is 21.0 Å². The average molecular weight is 616 g/mol. The van der Waals surface area contributed by atoms with Gasteiger partial charge in [0.2, 0.25) is 0 Å². The first-order valence-electron chi connectivity index (χ1n) is 13.3. The number of carbonyl (C=O) groups excluding carboxylic acids is 1. The van der Waals surface area contributed by atoms with Crippen LogP contribution in [-0.4, -0.2) is 39.8 Å². The number of thiazole rings is 1. The molecule has 13 heteroatoms. The number of aromatic nitrogens is 3. The van der Waals surface area contributed by atoms with E-state index in [-0.39, 0.29) is 17.2 Å². The zero-order valence-electron chi connectivity index (χ0n) is 23.6. The number of fused-ring (bicyclic) bond motifs is 1. The van der Waals surface area contributed by atoms with Crippen LogP contribution >= 0.6 is 23.6 Å². The van der Waals surface area contributed by atoms with Gasteiger partial charge in [-0.25, -0.2) is 20.8 Å². The maximum absolute atomic E-state index is 13.2. The van der Waals surface area contributed by atoms with Crippen molar-refractivity contribution in [2.45, 2.75) is 20.0 Å². The number of nitrogens with zero attached hydrogens (tertiary/aromatic N) is 3. The maximum Gasteiger partial charge on any atom is 0.271 e. The van der Waals surface area contributed by atoms with E-state index in [0.29, 0.717) is 56.9 Å². The molecule has 0 fully saturated rings. The SMILES string of the molecule is CCOc1cc(Nc2nc(-c3cccc(C(=O)Nc4ccc(C(C)OC(=S)NN)cc4)c3)nc3scnc23)ccc1OC. The predicted molar refractivity (Wildman–Crippen MR) is 172 cm³/mol. The van der Waals surface area contributed by atoms with Crippen LogP contribution in [0.2, 0.25) is 0 Å². The smallest absolute Gasteiger partial charge is 0.271 e. The Morgan fingerprint density at radius 3 is 2.58 bits per heavy atom. The van der Waals surface area contributed by atoms with Gasteiger partial charge in [-0.1, -0.05) is 24.3 Å². The van der Waals surface area contributed by atoms with Crippen LogP contribution in [0.1, 0.15) is 35.9 Å². The van der Waals surface area contributed by atoms with Crippen LogP contribution in [0.15, 0.2) is 72.2 Å². The van der Waals surface area contributed by atoms with Crippen molar-refractivity contribution in [1.29, 1.82) is 0 Å². The fourth-order valence-electron chi connectivity index (χ4n) is 4.24. The first-order chi connectivity index (χ1) is 20.9. The molecular formula is C30H29N7O4S2. The molecule has 0 spiro atoms. The molecule has 220 valence electrons. The zero-order valence-corrected chi connectivity index (χ0v) is 25.2. The number of anilines is 3. The molecule has 0 radical (unpaired) electrons. The Labute approximate surface area is 257 Å². The zero-order chi connectivity index (χ0) is 30.3. The van der Waals surface area contributed by atoms with Gasteiger partial charge in [0.25, 0.3) is 11.1 Å². The summed E-state index contributed by atoms with van der Waals surface area (Å²) in [5.74, 6) is 7.24. The lowest BCUT2D eigenvalue weighted by Crippen LogP contribution is -2.31. The lowest BCUT2D eigenvalue weighted by Gasteiger charge is -2.15. The molecule has 1 amide bonds. The van der Waals surface area contributed by atoms with Gasteiger partial charge in [-0.05, 0) is 68.0 Å². The fourth-order valence-corrected chi connectivity index (χ4v) is 5.04. The van der Waals surface area contributed by atoms with Crippen LogP contribution < -0.4 is 31.4 Å². The van der Waals surface area contributed by atoms with Crippen LogP contribution in [0, 0.1) is 0 Å². The summed E-state index contributed by atoms with van der Waals surface area (Å²) in [5, 5.41) is 6.37. The van der Waals surface area contributed by atoms with Gasteiger partial charge in [0.05, 0.1) is 19.2 Å². The molecule has 1 atom stereocenters. The van der Waals surface area contributed by atoms with Crippen molar-refractivity contribution >= 4 is 62.2 Å². The number of methoxy groups -OCH3 is 1. The topological polar surface area (TPSA) is 146 Å². The number of ether oxygens (including phenoxy) is 3. The van der Waals surface area contributed by atoms with E-state index in [1.54, 1.807) is 43.0 Å². The van der Waals surface area contributed by atoms with Gasteiger partial charge in [0, 0.05) is 28.6 Å². The molecular weight excluding hydrogens is 587 g/mol. The first kappa shape index (κ1) is 29.6. The molecule has 0 bridgehead atoms. The average Bonchev–Trinajstić information content (AvgIpc) is 3.51. The molecule has 2 heterocycles. The van der Waals surface area contributed by atoms with Crippen molar-refractivity contribution in [3.63, 3.8) is 0 Å². The molecule has 0 aliphatic heterocycles. The van der Waals surface area contributed by atoms with Crippen molar-refractivity contribution in [2.75, 3.05) is 24.4 Å². The molecule has 0 saturated carbocycles. The molecule has 0 aliphatic rings. The van der Waals surface area contributed by atoms with E-state index < -0.39 is 0 Å². The fraction of sp³-hybridized carbons (Fsp3) is 0.167. The second-order valence-corrected chi connectivity index (χ2v) is 10.4. The minimum Gasteiger partial charge on any atom is -0.493 e. The minimum absolute atomic E-state index is 0.0996. The highest BCUT2D eigenvalue weighted by molar-refractivity contribution is 7.80. The van der Waals surface area contributed by atoms with Crippen molar-refractivity contribution in [2.24, 2.45) is 5.84 Å². The van der Waals surface area contributed by atoms with E-state index in [4.69, 9.17) is 42.2 Å². The second kappa shape index (κ2) is 13.4. The Balaban J connectivity index is 1.37. The molecule has 2 aromatic heterocycles. The monoisotopic (exact) mass is 615 g/mol. The third kappa shape index (κ3) is 6.97. The summed E-state index contributed by atoms with van der Waals surface area (Å²) < 4.78 is 16.6. The molecule has 5 rings (SSSR count). The largest absolute Gasteiger partial charge is 0.493 e. The highest BCUT2D eigenvalue weighted by Gasteiger charge is 2.16. The number of thiocarbonyl (C=S) groups is 1. The van der Waals surface area contributed by atoms with Crippen molar-refractivity contribution in [3.8, 4) is 22.9 Å². The summed E-state index contributed by atoms with van der Waals surface area (Å²) in [4.78, 5) is 27.8. The van der Waals surface area contributed by atoms with Gasteiger partial charge < -0.3 is 24.8 Å². The Morgan fingerprint density at radius 2 is 1.84 bits per heavy atom. The minimum atomic E-state index is -0.309. The van der Waals surface area contributed by atoms with E-state index >= 15 is 0 Å². The van der Waals surface area contributed by atoms with Crippen LogP contribution in [0.5, 0.6) is 11.5 Å². The van der Waals surface area contributed by atoms with Gasteiger partial charge >= 0.3 is 0 Å². The highest BCUT2D eigenvalue weighted by atomic mass is 32.1. The third-order valence-corrected chi connectivity index (χ3v) is 7.28. The van der Waals surface area contributed by atoms with Gasteiger partial charge in [0.15, 0.2) is 23.1 Å². The first-order valence-corrected chi connectivity index (χ1v) is 14.5. The molecule has 11 nitrogen and oxygen atoms in total. The van der Waals surface area contributed by atoms with E-state index in [9.17, 15) is 4.79 Å². The number of nitrogens with one attached hydrogen (secondary N) is 3. The second-order valence-electron chi connectivity index (χ2n) is 9.17. The maximum atomic E-state index is 13.2. The Hall–Kier alpha value is -4.85. The van der Waals surface area contributed by atoms with Crippen LogP contribution in [-0.2, 0) is 4.74 Å². The number of amides is 1. The number of carbonyl (C=O) groups is 1. The standard InChI is InChI=1S/C30H29N7O4S2/c1-4-40-24-15-22(12-13-23(24)39-3)33-27-25-29(43-16-32-25)36-26(35-27)19-6-5-7-20(14-19)28(38)34-21-10-8-18(9-11-21)17(2)41-30(42)37-31/h5-17H,4,31H2,1-3H3,(H,34,38)(H,37,42)(H,33,35,36). The summed E-state index contributed by atoms with van der Waals surface area (Å²) in [6, 6.07) is 20.0. The molecule has 5 aromatic rings. The normalized spacial score (nSPS) is 11.4. The van der Waals surface area contributed by atoms with Crippen molar-refractivity contribution in [3.05, 3.63) is 83.4 Å². The Morgan fingerprint density at radius 1 is 1.05 bits per heavy atom. The summed E-state index contributed by atoms with van der Waals surface area (Å²) in [6.07, 6.45) is -0.309. The van der Waals surface area contributed by atoms with E-state index in [1.165, 1.54) is 11.3 Å². The molecule has 0 aliphatic carbocycles. The van der Waals surface area contributed by atoms with Gasteiger partial charge in [-0.3, -0.25) is 10.2 Å². The number of hydrogen-bond donors (Lipinski definition) is 4. The summed E-state index contributed by atoms with van der Waals surface area (Å²) in [5.41, 5.74) is 8.05. The lowest BCUT2D eigenvalue weighted by atomic mass is 10.1. The highest BCUT2D eigenvalue weighted by Crippen LogP contribution is 2.34. The summed E-state index contributed by atoms with van der Waals surface area (Å²) >= 11 is 6.36. The molecule has 43 heavy (non-hydrogen) atoms. The van der Waals surface area contributed by atoms with Crippen molar-refractivity contribution in [1.82, 2.24) is 20.4 Å².